The molecule has 0 spiro atoms. The number of methoxy groups -OCH3 is 2. The van der Waals surface area contributed by atoms with E-state index in [0.717, 1.165) is 0 Å². The highest BCUT2D eigenvalue weighted by atomic mass is 28.4. The Kier molecular flexibility index (Phi) is 6.65. The van der Waals surface area contributed by atoms with Crippen LogP contribution >= 0.6 is 0 Å². The van der Waals surface area contributed by atoms with Crippen LogP contribution in [0.2, 0.25) is 5.04 Å². The van der Waals surface area contributed by atoms with Gasteiger partial charge in [-0.1, -0.05) is 81.4 Å². The molecule has 0 amide bonds. The van der Waals surface area contributed by atoms with Gasteiger partial charge in [0.2, 0.25) is 0 Å². The molecule has 0 N–H and O–H groups in total. The molecule has 2 fully saturated rings. The van der Waals surface area contributed by atoms with Gasteiger partial charge in [-0.2, -0.15) is 0 Å². The largest absolute Gasteiger partial charge is 0.404 e. The van der Waals surface area contributed by atoms with Crippen molar-refractivity contribution < 1.29 is 23.4 Å². The minimum Gasteiger partial charge on any atom is -0.404 e. The highest BCUT2D eigenvalue weighted by Gasteiger charge is 2.67. The van der Waals surface area contributed by atoms with Crippen molar-refractivity contribution in [2.24, 2.45) is 0 Å². The molecule has 0 aromatic heterocycles. The Hall–Kier alpha value is -1.54. The number of ether oxygens (including phenoxy) is 4. The maximum atomic E-state index is 7.23. The zero-order valence-corrected chi connectivity index (χ0v) is 21.0. The summed E-state index contributed by atoms with van der Waals surface area (Å²) in [6.45, 7) is 9.71. The van der Waals surface area contributed by atoms with E-state index in [1.54, 1.807) is 14.2 Å². The maximum absolute atomic E-state index is 7.23. The molecule has 4 rings (SSSR count). The van der Waals surface area contributed by atoms with E-state index >= 15 is 0 Å². The smallest absolute Gasteiger partial charge is 0.261 e. The van der Waals surface area contributed by atoms with E-state index in [9.17, 15) is 0 Å². The molecular formula is C26H36O5Si. The Bertz CT molecular complexity index is 845. The summed E-state index contributed by atoms with van der Waals surface area (Å²) in [5.74, 6) is 0. The van der Waals surface area contributed by atoms with Gasteiger partial charge in [0.1, 0.15) is 23.9 Å². The van der Waals surface area contributed by atoms with Crippen LogP contribution in [0, 0.1) is 0 Å². The molecule has 2 aromatic carbocycles. The summed E-state index contributed by atoms with van der Waals surface area (Å²) in [7, 11) is 0.713. The van der Waals surface area contributed by atoms with Crippen molar-refractivity contribution in [3.05, 3.63) is 60.7 Å². The first-order chi connectivity index (χ1) is 15.3. The van der Waals surface area contributed by atoms with Gasteiger partial charge in [-0.25, -0.2) is 0 Å². The van der Waals surface area contributed by atoms with E-state index in [1.165, 1.54) is 10.4 Å². The van der Waals surface area contributed by atoms with Crippen molar-refractivity contribution in [3.63, 3.8) is 0 Å². The molecule has 2 saturated heterocycles. The van der Waals surface area contributed by atoms with E-state index < -0.39 is 13.9 Å². The molecule has 6 heteroatoms. The molecule has 2 bridgehead atoms. The fourth-order valence-electron chi connectivity index (χ4n) is 5.61. The topological polar surface area (TPSA) is 46.2 Å². The zero-order valence-electron chi connectivity index (χ0n) is 20.0. The lowest BCUT2D eigenvalue weighted by molar-refractivity contribution is -0.205. The van der Waals surface area contributed by atoms with Crippen LogP contribution in [0.4, 0.5) is 0 Å². The molecule has 0 aliphatic carbocycles. The Morgan fingerprint density at radius 1 is 0.938 bits per heavy atom. The average molecular weight is 457 g/mol. The highest BCUT2D eigenvalue weighted by Crippen LogP contribution is 2.47. The summed E-state index contributed by atoms with van der Waals surface area (Å²) < 4.78 is 31.6. The van der Waals surface area contributed by atoms with Crippen LogP contribution in [0.25, 0.3) is 0 Å². The number of hydrogen-bond donors (Lipinski definition) is 0. The third-order valence-corrected chi connectivity index (χ3v) is 12.0. The van der Waals surface area contributed by atoms with Crippen molar-refractivity contribution in [1.82, 2.24) is 0 Å². The number of fused-ring (bicyclic) bond motifs is 2. The van der Waals surface area contributed by atoms with Crippen LogP contribution in [0.3, 0.4) is 0 Å². The van der Waals surface area contributed by atoms with Crippen LogP contribution in [0.1, 0.15) is 27.7 Å². The molecule has 2 heterocycles. The second-order valence-corrected chi connectivity index (χ2v) is 14.2. The third-order valence-electron chi connectivity index (χ3n) is 7.02. The molecule has 2 aliphatic rings. The van der Waals surface area contributed by atoms with Crippen LogP contribution in [-0.2, 0) is 23.4 Å². The summed E-state index contributed by atoms with van der Waals surface area (Å²) in [4.78, 5) is 0. The molecule has 32 heavy (non-hydrogen) atoms. The van der Waals surface area contributed by atoms with Crippen molar-refractivity contribution in [2.45, 2.75) is 62.8 Å². The van der Waals surface area contributed by atoms with Gasteiger partial charge < -0.3 is 23.4 Å². The predicted octanol–water partition coefficient (Wildman–Crippen LogP) is 3.15. The molecule has 2 aromatic rings. The minimum absolute atomic E-state index is 0.0594. The SMILES string of the molecule is COCC1O[C@H]2[C@H](C)O[C@]1(CO[Si](c1ccccc1)(c1ccccc1)C(C)(C)C)[C@H]2OC. The summed E-state index contributed by atoms with van der Waals surface area (Å²) in [6.07, 6.45) is -0.619. The number of benzene rings is 2. The Balaban J connectivity index is 1.80. The lowest BCUT2D eigenvalue weighted by atomic mass is 9.93. The zero-order chi connectivity index (χ0) is 23.0. The van der Waals surface area contributed by atoms with Crippen molar-refractivity contribution in [3.8, 4) is 0 Å². The third kappa shape index (κ3) is 3.67. The molecule has 1 unspecified atom stereocenters. The first kappa shape index (κ1) is 23.6. The number of hydrogen-bond acceptors (Lipinski definition) is 5. The first-order valence-electron chi connectivity index (χ1n) is 11.4. The molecule has 0 radical (unpaired) electrons. The summed E-state index contributed by atoms with van der Waals surface area (Å²) >= 11 is 0. The van der Waals surface area contributed by atoms with Gasteiger partial charge in [0.15, 0.2) is 0 Å². The van der Waals surface area contributed by atoms with Crippen molar-refractivity contribution in [2.75, 3.05) is 27.4 Å². The fraction of sp³-hybridized carbons (Fsp3) is 0.538. The van der Waals surface area contributed by atoms with Gasteiger partial charge in [-0.05, 0) is 22.3 Å². The molecular weight excluding hydrogens is 420 g/mol. The fourth-order valence-corrected chi connectivity index (χ4v) is 10.2. The van der Waals surface area contributed by atoms with Crippen LogP contribution < -0.4 is 10.4 Å². The lowest BCUT2D eigenvalue weighted by Crippen LogP contribution is -2.68. The maximum Gasteiger partial charge on any atom is 0.261 e. The van der Waals surface area contributed by atoms with E-state index in [2.05, 4.69) is 81.4 Å². The monoisotopic (exact) mass is 456 g/mol. The van der Waals surface area contributed by atoms with Gasteiger partial charge >= 0.3 is 0 Å². The van der Waals surface area contributed by atoms with Crippen LogP contribution in [0.5, 0.6) is 0 Å². The lowest BCUT2D eigenvalue weighted by Gasteiger charge is -2.46. The second-order valence-electron chi connectivity index (χ2n) is 9.93. The van der Waals surface area contributed by atoms with Gasteiger partial charge in [-0.15, -0.1) is 0 Å². The Morgan fingerprint density at radius 2 is 1.50 bits per heavy atom. The van der Waals surface area contributed by atoms with E-state index in [1.807, 2.05) is 6.92 Å². The average Bonchev–Trinajstić information content (AvgIpc) is 3.22. The highest BCUT2D eigenvalue weighted by molar-refractivity contribution is 6.99. The van der Waals surface area contributed by atoms with E-state index in [0.29, 0.717) is 13.2 Å². The second kappa shape index (κ2) is 9.01. The summed E-state index contributed by atoms with van der Waals surface area (Å²) in [5, 5.41) is 2.37. The molecule has 5 nitrogen and oxygen atoms in total. The van der Waals surface area contributed by atoms with Gasteiger partial charge in [0, 0.05) is 14.2 Å². The van der Waals surface area contributed by atoms with Gasteiger partial charge in [-0.3, -0.25) is 0 Å². The Morgan fingerprint density at radius 3 is 1.97 bits per heavy atom. The van der Waals surface area contributed by atoms with Gasteiger partial charge in [0.05, 0.1) is 19.3 Å². The normalized spacial score (nSPS) is 30.1. The minimum atomic E-state index is -2.71. The molecule has 5 atom stereocenters. The quantitative estimate of drug-likeness (QED) is 0.571. The standard InChI is InChI=1S/C26H36O5Si/c1-19-23-24(28-6)26(31-19,22(30-23)17-27-5)18-29-32(25(2,3)4,20-13-9-7-10-14-20)21-15-11-8-12-16-21/h7-16,19,22-24H,17-18H2,1-6H3/t19-,22?,23-,24-,26-/m0/s1. The molecule has 2 aliphatic heterocycles. The molecule has 0 saturated carbocycles. The summed E-state index contributed by atoms with van der Waals surface area (Å²) in [6, 6.07) is 21.3. The van der Waals surface area contributed by atoms with E-state index in [4.69, 9.17) is 23.4 Å². The van der Waals surface area contributed by atoms with Crippen LogP contribution in [0.15, 0.2) is 60.7 Å². The number of rotatable bonds is 8. The van der Waals surface area contributed by atoms with Gasteiger partial charge in [0.25, 0.3) is 8.32 Å². The predicted molar refractivity (Wildman–Crippen MR) is 128 cm³/mol. The van der Waals surface area contributed by atoms with E-state index in [-0.39, 0.29) is 29.5 Å². The Labute approximate surface area is 193 Å². The van der Waals surface area contributed by atoms with Crippen molar-refractivity contribution >= 4 is 18.7 Å². The van der Waals surface area contributed by atoms with Crippen LogP contribution in [-0.4, -0.2) is 65.8 Å². The summed E-state index contributed by atoms with van der Waals surface area (Å²) in [5.41, 5.74) is -0.706. The molecule has 174 valence electrons. The van der Waals surface area contributed by atoms with Crippen molar-refractivity contribution in [1.29, 1.82) is 0 Å². The first-order valence-corrected chi connectivity index (χ1v) is 13.3.